The maximum Gasteiger partial charge on any atom is 0.483 e. The molecule has 35 heavy (non-hydrogen) atoms. The molecule has 2 unspecified atom stereocenters. The average molecular weight is 546 g/mol. The highest BCUT2D eigenvalue weighted by atomic mass is 31.3. The molecule has 3 heterocycles. The van der Waals surface area contributed by atoms with Crippen LogP contribution in [0, 0.1) is 6.92 Å². The maximum atomic E-state index is 12.1. The zero-order chi connectivity index (χ0) is 26.1. The van der Waals surface area contributed by atoms with Crippen LogP contribution in [-0.2, 0) is 32.0 Å². The standard InChI is InChI=1S/C16H24N2O15P2/c1-7-4-18(16(24)17-14(7)23)10-3-2-8(30-10)6-29-34(25,26)33-35(27,28)32-15-13(22)12(21)11(20)9(5-19)31-15/h2-4,8-13,15,19-22H,5-6H2,1H3,(H,25,26)(H,27,28)(H,17,23,24)/t8-,9+,10+,11+,12-,13-,15+/m0/s1. The Hall–Kier alpha value is -1.56. The Bertz CT molecular complexity index is 1150. The third kappa shape index (κ3) is 6.81. The second kappa shape index (κ2) is 10.8. The van der Waals surface area contributed by atoms with E-state index in [1.165, 1.54) is 25.3 Å². The van der Waals surface area contributed by atoms with Crippen molar-refractivity contribution in [2.45, 2.75) is 50.0 Å². The van der Waals surface area contributed by atoms with Crippen molar-refractivity contribution >= 4 is 15.6 Å². The minimum absolute atomic E-state index is 0.229. The number of phosphoric acid groups is 2. The van der Waals surface area contributed by atoms with Crippen LogP contribution >= 0.6 is 15.6 Å². The Morgan fingerprint density at radius 1 is 1.06 bits per heavy atom. The Kier molecular flexibility index (Phi) is 8.66. The van der Waals surface area contributed by atoms with Gasteiger partial charge >= 0.3 is 21.3 Å². The van der Waals surface area contributed by atoms with Crippen molar-refractivity contribution in [2.75, 3.05) is 13.2 Å². The number of aromatic amines is 1. The quantitative estimate of drug-likeness (QED) is 0.123. The average Bonchev–Trinajstić information content (AvgIpc) is 3.23. The summed E-state index contributed by atoms with van der Waals surface area (Å²) in [6, 6.07) is 0. The van der Waals surface area contributed by atoms with Gasteiger partial charge < -0.3 is 39.7 Å². The molecule has 1 saturated heterocycles. The van der Waals surface area contributed by atoms with Gasteiger partial charge in [0.05, 0.1) is 13.2 Å². The van der Waals surface area contributed by atoms with Gasteiger partial charge in [-0.05, 0) is 13.0 Å². The van der Waals surface area contributed by atoms with Crippen LogP contribution in [0.15, 0.2) is 27.9 Å². The third-order valence-corrected chi connectivity index (χ3v) is 7.52. The monoisotopic (exact) mass is 546 g/mol. The van der Waals surface area contributed by atoms with Crippen LogP contribution in [-0.4, -0.2) is 89.8 Å². The number of aliphatic hydroxyl groups is 4. The van der Waals surface area contributed by atoms with Crippen molar-refractivity contribution in [3.63, 3.8) is 0 Å². The van der Waals surface area contributed by atoms with E-state index >= 15 is 0 Å². The summed E-state index contributed by atoms with van der Waals surface area (Å²) in [5, 5.41) is 38.3. The number of H-pyrrole nitrogens is 1. The number of hydrogen-bond acceptors (Lipinski definition) is 13. The Labute approximate surface area is 196 Å². The van der Waals surface area contributed by atoms with Crippen molar-refractivity contribution in [3.05, 3.63) is 44.8 Å². The lowest BCUT2D eigenvalue weighted by molar-refractivity contribution is -0.280. The normalized spacial score (nSPS) is 34.4. The molecular formula is C16H24N2O15P2. The van der Waals surface area contributed by atoms with Gasteiger partial charge in [0.2, 0.25) is 0 Å². The molecule has 0 aliphatic carbocycles. The highest BCUT2D eigenvalue weighted by Gasteiger charge is 2.48. The molecule has 0 saturated carbocycles. The van der Waals surface area contributed by atoms with Gasteiger partial charge in [0.1, 0.15) is 30.5 Å². The summed E-state index contributed by atoms with van der Waals surface area (Å²) < 4.78 is 48.9. The molecule has 1 aromatic heterocycles. The van der Waals surface area contributed by atoms with Gasteiger partial charge in [0, 0.05) is 11.8 Å². The van der Waals surface area contributed by atoms with E-state index in [1.807, 2.05) is 0 Å². The summed E-state index contributed by atoms with van der Waals surface area (Å²) >= 11 is 0. The molecule has 3 rings (SSSR count). The fourth-order valence-corrected chi connectivity index (χ4v) is 5.30. The molecule has 0 radical (unpaired) electrons. The lowest BCUT2D eigenvalue weighted by Crippen LogP contribution is -2.58. The zero-order valence-electron chi connectivity index (χ0n) is 17.9. The first-order valence-electron chi connectivity index (χ1n) is 9.89. The minimum atomic E-state index is -5.48. The van der Waals surface area contributed by atoms with Crippen molar-refractivity contribution in [3.8, 4) is 0 Å². The van der Waals surface area contributed by atoms with E-state index in [2.05, 4.69) is 18.3 Å². The number of nitrogens with zero attached hydrogens (tertiary/aromatic N) is 1. The number of hydrogen-bond donors (Lipinski definition) is 7. The number of aliphatic hydroxyl groups excluding tert-OH is 4. The van der Waals surface area contributed by atoms with Crippen LogP contribution < -0.4 is 11.2 Å². The molecule has 7 N–H and O–H groups in total. The number of ether oxygens (including phenoxy) is 2. The first-order chi connectivity index (χ1) is 16.2. The van der Waals surface area contributed by atoms with Gasteiger partial charge in [0.25, 0.3) is 5.56 Å². The number of aromatic nitrogens is 2. The molecule has 0 aromatic carbocycles. The largest absolute Gasteiger partial charge is 0.483 e. The smallest absolute Gasteiger partial charge is 0.394 e. The number of aryl methyl sites for hydroxylation is 1. The van der Waals surface area contributed by atoms with Gasteiger partial charge in [-0.15, -0.1) is 0 Å². The van der Waals surface area contributed by atoms with Gasteiger partial charge in [-0.3, -0.25) is 23.4 Å². The lowest BCUT2D eigenvalue weighted by atomic mass is 10.00. The van der Waals surface area contributed by atoms with Crippen LogP contribution in [0.5, 0.6) is 0 Å². The van der Waals surface area contributed by atoms with Crippen molar-refractivity contribution in [2.24, 2.45) is 0 Å². The fraction of sp³-hybridized carbons (Fsp3) is 0.625. The number of phosphoric ester groups is 2. The molecule has 1 fully saturated rings. The molecule has 198 valence electrons. The summed E-state index contributed by atoms with van der Waals surface area (Å²) in [5.41, 5.74) is -1.11. The molecule has 17 nitrogen and oxygen atoms in total. The molecule has 9 atom stereocenters. The van der Waals surface area contributed by atoms with E-state index in [9.17, 15) is 43.8 Å². The third-order valence-electron chi connectivity index (χ3n) is 4.92. The van der Waals surface area contributed by atoms with Crippen molar-refractivity contribution in [1.29, 1.82) is 0 Å². The van der Waals surface area contributed by atoms with Gasteiger partial charge in [-0.25, -0.2) is 13.9 Å². The van der Waals surface area contributed by atoms with Crippen molar-refractivity contribution < 1.29 is 62.2 Å². The summed E-state index contributed by atoms with van der Waals surface area (Å²) in [7, 11) is -10.8. The van der Waals surface area contributed by atoms with Crippen molar-refractivity contribution in [1.82, 2.24) is 9.55 Å². The summed E-state index contributed by atoms with van der Waals surface area (Å²) in [5.74, 6) is 0. The van der Waals surface area contributed by atoms with E-state index in [-0.39, 0.29) is 5.56 Å². The van der Waals surface area contributed by atoms with E-state index in [0.717, 1.165) is 4.57 Å². The molecular weight excluding hydrogens is 522 g/mol. The fourth-order valence-electron chi connectivity index (χ4n) is 3.14. The summed E-state index contributed by atoms with van der Waals surface area (Å²) in [4.78, 5) is 45.1. The molecule has 19 heteroatoms. The molecule has 0 spiro atoms. The Morgan fingerprint density at radius 3 is 2.40 bits per heavy atom. The van der Waals surface area contributed by atoms with Crippen LogP contribution in [0.3, 0.4) is 0 Å². The first kappa shape index (κ1) is 28.0. The maximum absolute atomic E-state index is 12.1. The molecule has 0 amide bonds. The second-order valence-corrected chi connectivity index (χ2v) is 10.5. The second-order valence-electron chi connectivity index (χ2n) is 7.55. The number of rotatable bonds is 9. The van der Waals surface area contributed by atoms with Gasteiger partial charge in [-0.1, -0.05) is 6.08 Å². The zero-order valence-corrected chi connectivity index (χ0v) is 19.7. The van der Waals surface area contributed by atoms with E-state index in [4.69, 9.17) is 14.6 Å². The summed E-state index contributed by atoms with van der Waals surface area (Å²) in [6.07, 6.45) is -7.38. The van der Waals surface area contributed by atoms with E-state index in [1.54, 1.807) is 0 Å². The molecule has 0 bridgehead atoms. The van der Waals surface area contributed by atoms with E-state index < -0.39 is 83.1 Å². The Morgan fingerprint density at radius 2 is 1.74 bits per heavy atom. The minimum Gasteiger partial charge on any atom is -0.394 e. The topological polar surface area (TPSA) is 257 Å². The Balaban J connectivity index is 1.56. The number of nitrogens with one attached hydrogen (secondary N) is 1. The highest BCUT2D eigenvalue weighted by Crippen LogP contribution is 2.61. The molecule has 2 aliphatic rings. The highest BCUT2D eigenvalue weighted by molar-refractivity contribution is 7.61. The van der Waals surface area contributed by atoms with Crippen LogP contribution in [0.1, 0.15) is 11.8 Å². The predicted molar refractivity (Wildman–Crippen MR) is 111 cm³/mol. The first-order valence-corrected chi connectivity index (χ1v) is 12.9. The van der Waals surface area contributed by atoms with Gasteiger partial charge in [-0.2, -0.15) is 4.31 Å². The lowest BCUT2D eigenvalue weighted by Gasteiger charge is -2.39. The van der Waals surface area contributed by atoms with Crippen LogP contribution in [0.4, 0.5) is 0 Å². The SMILES string of the molecule is Cc1cn([C@H]2C=C[C@@H](COP(=O)(O)OP(=O)(O)O[C@H]3O[C@H](CO)[C@@H](O)[C@H](O)[C@@H]3O)O2)c(=O)[nH]c1=O. The predicted octanol–water partition coefficient (Wildman–Crippen LogP) is -2.65. The van der Waals surface area contributed by atoms with Crippen LogP contribution in [0.2, 0.25) is 0 Å². The van der Waals surface area contributed by atoms with Crippen LogP contribution in [0.25, 0.3) is 0 Å². The molecule has 1 aromatic rings. The van der Waals surface area contributed by atoms with E-state index in [0.29, 0.717) is 0 Å². The summed E-state index contributed by atoms with van der Waals surface area (Å²) in [6.45, 7) is -0.0750. The van der Waals surface area contributed by atoms with Gasteiger partial charge in [0.15, 0.2) is 12.5 Å². The molecule has 2 aliphatic heterocycles.